The first kappa shape index (κ1) is 12.4. The Bertz CT molecular complexity index is 372. The molecule has 1 aromatic rings. The van der Waals surface area contributed by atoms with Crippen LogP contribution >= 0.6 is 0 Å². The Morgan fingerprint density at radius 1 is 1.47 bits per heavy atom. The van der Waals surface area contributed by atoms with E-state index in [1.165, 1.54) is 17.5 Å². The standard InChI is InChI=1S/C14H22N2O/c1-10-8-11(4-5-13(10)17-3)14(15-2)12-6-7-16-9-12/h4-5,8,12,14-16H,6-7,9H2,1-3H3. The van der Waals surface area contributed by atoms with E-state index in [1.807, 2.05) is 7.05 Å². The molecule has 0 amide bonds. The molecule has 0 saturated carbocycles. The molecule has 0 spiro atoms. The van der Waals surface area contributed by atoms with Gasteiger partial charge in [-0.15, -0.1) is 0 Å². The zero-order valence-electron chi connectivity index (χ0n) is 10.9. The van der Waals surface area contributed by atoms with Gasteiger partial charge in [0, 0.05) is 6.04 Å². The van der Waals surface area contributed by atoms with E-state index in [-0.39, 0.29) is 0 Å². The van der Waals surface area contributed by atoms with Crippen LogP contribution in [0.5, 0.6) is 5.75 Å². The maximum atomic E-state index is 5.31. The second-order valence-corrected chi connectivity index (χ2v) is 4.75. The van der Waals surface area contributed by atoms with Gasteiger partial charge in [0.1, 0.15) is 5.75 Å². The van der Waals surface area contributed by atoms with Crippen LogP contribution in [-0.2, 0) is 0 Å². The van der Waals surface area contributed by atoms with E-state index in [4.69, 9.17) is 4.74 Å². The van der Waals surface area contributed by atoms with Gasteiger partial charge in [-0.25, -0.2) is 0 Å². The summed E-state index contributed by atoms with van der Waals surface area (Å²) in [7, 11) is 3.76. The molecule has 1 fully saturated rings. The molecular weight excluding hydrogens is 212 g/mol. The van der Waals surface area contributed by atoms with Crippen molar-refractivity contribution in [2.75, 3.05) is 27.2 Å². The van der Waals surface area contributed by atoms with Crippen LogP contribution in [0, 0.1) is 12.8 Å². The van der Waals surface area contributed by atoms with Gasteiger partial charge in [-0.2, -0.15) is 0 Å². The summed E-state index contributed by atoms with van der Waals surface area (Å²) in [6.07, 6.45) is 1.25. The molecule has 94 valence electrons. The van der Waals surface area contributed by atoms with Gasteiger partial charge < -0.3 is 15.4 Å². The fourth-order valence-corrected chi connectivity index (χ4v) is 2.73. The average Bonchev–Trinajstić information content (AvgIpc) is 2.84. The Labute approximate surface area is 104 Å². The number of rotatable bonds is 4. The molecule has 17 heavy (non-hydrogen) atoms. The highest BCUT2D eigenvalue weighted by Crippen LogP contribution is 2.29. The highest BCUT2D eigenvalue weighted by molar-refractivity contribution is 5.37. The van der Waals surface area contributed by atoms with Crippen molar-refractivity contribution < 1.29 is 4.74 Å². The van der Waals surface area contributed by atoms with Gasteiger partial charge in [-0.05, 0) is 56.6 Å². The molecule has 2 N–H and O–H groups in total. The summed E-state index contributed by atoms with van der Waals surface area (Å²) in [6, 6.07) is 6.91. The fourth-order valence-electron chi connectivity index (χ4n) is 2.73. The average molecular weight is 234 g/mol. The lowest BCUT2D eigenvalue weighted by molar-refractivity contribution is 0.402. The first-order chi connectivity index (χ1) is 8.26. The summed E-state index contributed by atoms with van der Waals surface area (Å²) >= 11 is 0. The summed E-state index contributed by atoms with van der Waals surface area (Å²) in [5.41, 5.74) is 2.57. The fraction of sp³-hybridized carbons (Fsp3) is 0.571. The van der Waals surface area contributed by atoms with Gasteiger partial charge in [0.25, 0.3) is 0 Å². The quantitative estimate of drug-likeness (QED) is 0.834. The van der Waals surface area contributed by atoms with Gasteiger partial charge in [-0.3, -0.25) is 0 Å². The van der Waals surface area contributed by atoms with E-state index in [1.54, 1.807) is 7.11 Å². The van der Waals surface area contributed by atoms with Crippen molar-refractivity contribution in [1.82, 2.24) is 10.6 Å². The molecule has 1 heterocycles. The van der Waals surface area contributed by atoms with E-state index in [0.29, 0.717) is 12.0 Å². The molecule has 2 unspecified atom stereocenters. The zero-order chi connectivity index (χ0) is 12.3. The molecule has 1 aromatic carbocycles. The minimum Gasteiger partial charge on any atom is -0.496 e. The lowest BCUT2D eigenvalue weighted by Crippen LogP contribution is -2.26. The molecule has 0 aromatic heterocycles. The molecule has 3 heteroatoms. The van der Waals surface area contributed by atoms with E-state index >= 15 is 0 Å². The van der Waals surface area contributed by atoms with Crippen molar-refractivity contribution in [1.29, 1.82) is 0 Å². The van der Waals surface area contributed by atoms with Crippen LogP contribution in [-0.4, -0.2) is 27.2 Å². The Hall–Kier alpha value is -1.06. The van der Waals surface area contributed by atoms with E-state index in [2.05, 4.69) is 35.8 Å². The smallest absolute Gasteiger partial charge is 0.121 e. The minimum atomic E-state index is 0.439. The number of ether oxygens (including phenoxy) is 1. The first-order valence-corrected chi connectivity index (χ1v) is 6.28. The molecule has 1 aliphatic heterocycles. The van der Waals surface area contributed by atoms with Crippen molar-refractivity contribution in [3.8, 4) is 5.75 Å². The Morgan fingerprint density at radius 3 is 2.82 bits per heavy atom. The number of methoxy groups -OCH3 is 1. The highest BCUT2D eigenvalue weighted by Gasteiger charge is 2.25. The third-order valence-electron chi connectivity index (χ3n) is 3.66. The van der Waals surface area contributed by atoms with Crippen molar-refractivity contribution >= 4 is 0 Å². The molecule has 1 aliphatic rings. The number of hydrogen-bond acceptors (Lipinski definition) is 3. The number of benzene rings is 1. The van der Waals surface area contributed by atoms with Crippen molar-refractivity contribution in [3.05, 3.63) is 29.3 Å². The molecule has 0 aliphatic carbocycles. The first-order valence-electron chi connectivity index (χ1n) is 6.28. The largest absolute Gasteiger partial charge is 0.496 e. The zero-order valence-corrected chi connectivity index (χ0v) is 10.9. The number of hydrogen-bond donors (Lipinski definition) is 2. The monoisotopic (exact) mass is 234 g/mol. The molecule has 0 bridgehead atoms. The lowest BCUT2D eigenvalue weighted by Gasteiger charge is -2.23. The molecular formula is C14H22N2O. The van der Waals surface area contributed by atoms with E-state index in [0.717, 1.165) is 18.8 Å². The van der Waals surface area contributed by atoms with Crippen molar-refractivity contribution in [3.63, 3.8) is 0 Å². The van der Waals surface area contributed by atoms with Crippen LogP contribution in [0.15, 0.2) is 18.2 Å². The summed E-state index contributed by atoms with van der Waals surface area (Å²) in [4.78, 5) is 0. The van der Waals surface area contributed by atoms with E-state index in [9.17, 15) is 0 Å². The number of nitrogens with one attached hydrogen (secondary N) is 2. The third-order valence-corrected chi connectivity index (χ3v) is 3.66. The topological polar surface area (TPSA) is 33.3 Å². The van der Waals surface area contributed by atoms with E-state index < -0.39 is 0 Å². The van der Waals surface area contributed by atoms with Crippen LogP contribution in [0.4, 0.5) is 0 Å². The summed E-state index contributed by atoms with van der Waals surface area (Å²) < 4.78 is 5.31. The maximum Gasteiger partial charge on any atom is 0.121 e. The Morgan fingerprint density at radius 2 is 2.29 bits per heavy atom. The van der Waals surface area contributed by atoms with Gasteiger partial charge in [0.2, 0.25) is 0 Å². The van der Waals surface area contributed by atoms with Crippen LogP contribution in [0.2, 0.25) is 0 Å². The highest BCUT2D eigenvalue weighted by atomic mass is 16.5. The lowest BCUT2D eigenvalue weighted by atomic mass is 9.91. The van der Waals surface area contributed by atoms with Crippen LogP contribution in [0.25, 0.3) is 0 Å². The minimum absolute atomic E-state index is 0.439. The van der Waals surface area contributed by atoms with Gasteiger partial charge >= 0.3 is 0 Å². The molecule has 3 nitrogen and oxygen atoms in total. The third kappa shape index (κ3) is 2.61. The second-order valence-electron chi connectivity index (χ2n) is 4.75. The second kappa shape index (κ2) is 5.52. The Balaban J connectivity index is 2.21. The summed E-state index contributed by atoms with van der Waals surface area (Å²) in [5, 5.41) is 6.87. The maximum absolute atomic E-state index is 5.31. The molecule has 1 saturated heterocycles. The van der Waals surface area contributed by atoms with Gasteiger partial charge in [0.15, 0.2) is 0 Å². The SMILES string of the molecule is CNC(c1ccc(OC)c(C)c1)C1CCNC1. The number of aryl methyl sites for hydroxylation is 1. The van der Waals surface area contributed by atoms with Crippen LogP contribution in [0.3, 0.4) is 0 Å². The molecule has 0 radical (unpaired) electrons. The Kier molecular flexibility index (Phi) is 4.02. The molecule has 2 rings (SSSR count). The summed E-state index contributed by atoms with van der Waals surface area (Å²) in [5.74, 6) is 1.65. The normalized spacial score (nSPS) is 21.5. The van der Waals surface area contributed by atoms with Crippen molar-refractivity contribution in [2.24, 2.45) is 5.92 Å². The van der Waals surface area contributed by atoms with Crippen LogP contribution < -0.4 is 15.4 Å². The predicted molar refractivity (Wildman–Crippen MR) is 70.5 cm³/mol. The molecule has 2 atom stereocenters. The van der Waals surface area contributed by atoms with Crippen molar-refractivity contribution in [2.45, 2.75) is 19.4 Å². The summed E-state index contributed by atoms with van der Waals surface area (Å²) in [6.45, 7) is 4.34. The van der Waals surface area contributed by atoms with Crippen LogP contribution in [0.1, 0.15) is 23.6 Å². The van der Waals surface area contributed by atoms with Gasteiger partial charge in [-0.1, -0.05) is 12.1 Å². The van der Waals surface area contributed by atoms with Gasteiger partial charge in [0.05, 0.1) is 7.11 Å². The predicted octanol–water partition coefficient (Wildman–Crippen LogP) is 1.87.